The first-order valence-corrected chi connectivity index (χ1v) is 5.80. The summed E-state index contributed by atoms with van der Waals surface area (Å²) in [6.07, 6.45) is -4.42. The lowest BCUT2D eigenvalue weighted by atomic mass is 9.95. The summed E-state index contributed by atoms with van der Waals surface area (Å²) in [5.41, 5.74) is 2.86. The lowest BCUT2D eigenvalue weighted by molar-refractivity contribution is -0.127. The van der Waals surface area contributed by atoms with Crippen molar-refractivity contribution in [3.8, 4) is 0 Å². The highest BCUT2D eigenvalue weighted by molar-refractivity contribution is 5.86. The summed E-state index contributed by atoms with van der Waals surface area (Å²) in [7, 11) is 0. The van der Waals surface area contributed by atoms with Crippen molar-refractivity contribution in [3.63, 3.8) is 0 Å². The van der Waals surface area contributed by atoms with Gasteiger partial charge < -0.3 is 5.32 Å². The van der Waals surface area contributed by atoms with E-state index < -0.39 is 12.6 Å². The molecular weight excluding hydrogens is 243 g/mol. The fraction of sp³-hybridized carbons (Fsp3) is 0.417. The van der Waals surface area contributed by atoms with Gasteiger partial charge in [-0.25, -0.2) is 0 Å². The van der Waals surface area contributed by atoms with E-state index in [1.54, 1.807) is 6.07 Å². The number of hydrogen-bond donors (Lipinski definition) is 2. The first-order chi connectivity index (χ1) is 8.54. The second kappa shape index (κ2) is 3.98. The molecule has 2 N–H and O–H groups in total. The second-order valence-corrected chi connectivity index (χ2v) is 4.52. The van der Waals surface area contributed by atoms with Crippen LogP contribution in [0.1, 0.15) is 16.8 Å². The van der Waals surface area contributed by atoms with Crippen molar-refractivity contribution in [2.45, 2.75) is 25.6 Å². The molecule has 0 radical (unpaired) electrons. The molecule has 1 aromatic carbocycles. The maximum absolute atomic E-state index is 12.5. The monoisotopic (exact) mass is 255 g/mol. The van der Waals surface area contributed by atoms with Gasteiger partial charge in [-0.1, -0.05) is 6.07 Å². The number of benzene rings is 1. The predicted octanol–water partition coefficient (Wildman–Crippen LogP) is 2.31. The summed E-state index contributed by atoms with van der Waals surface area (Å²) in [4.78, 5) is 0. The van der Waals surface area contributed by atoms with Crippen LogP contribution in [0, 0.1) is 0 Å². The van der Waals surface area contributed by atoms with Gasteiger partial charge >= 0.3 is 6.18 Å². The minimum absolute atomic E-state index is 0.177. The van der Waals surface area contributed by atoms with E-state index in [1.165, 1.54) is 0 Å². The van der Waals surface area contributed by atoms with Gasteiger partial charge in [-0.05, 0) is 30.2 Å². The predicted molar refractivity (Wildman–Crippen MR) is 61.3 cm³/mol. The number of hydrogen-bond acceptors (Lipinski definition) is 2. The molecule has 0 bridgehead atoms. The van der Waals surface area contributed by atoms with Crippen LogP contribution in [-0.4, -0.2) is 22.9 Å². The number of aromatic nitrogens is 2. The van der Waals surface area contributed by atoms with Crippen molar-refractivity contribution in [2.24, 2.45) is 0 Å². The van der Waals surface area contributed by atoms with Crippen LogP contribution in [-0.2, 0) is 19.4 Å². The molecule has 1 aromatic heterocycles. The van der Waals surface area contributed by atoms with Gasteiger partial charge in [0.25, 0.3) is 0 Å². The third-order valence-electron chi connectivity index (χ3n) is 3.25. The molecule has 0 saturated heterocycles. The first-order valence-electron chi connectivity index (χ1n) is 5.80. The number of nitrogens with zero attached hydrogens (tertiary/aromatic N) is 1. The van der Waals surface area contributed by atoms with Crippen LogP contribution in [0.3, 0.4) is 0 Å². The number of nitrogens with one attached hydrogen (secondary N) is 2. The van der Waals surface area contributed by atoms with Gasteiger partial charge in [-0.15, -0.1) is 0 Å². The lowest BCUT2D eigenvalue weighted by Crippen LogP contribution is -2.24. The molecule has 18 heavy (non-hydrogen) atoms. The molecule has 0 atom stereocenters. The van der Waals surface area contributed by atoms with E-state index in [4.69, 9.17) is 0 Å². The van der Waals surface area contributed by atoms with Crippen molar-refractivity contribution < 1.29 is 13.2 Å². The van der Waals surface area contributed by atoms with Crippen LogP contribution in [0.5, 0.6) is 0 Å². The van der Waals surface area contributed by atoms with E-state index in [-0.39, 0.29) is 5.69 Å². The van der Waals surface area contributed by atoms with Crippen molar-refractivity contribution >= 4 is 10.9 Å². The molecule has 0 saturated carbocycles. The van der Waals surface area contributed by atoms with Crippen LogP contribution >= 0.6 is 0 Å². The summed E-state index contributed by atoms with van der Waals surface area (Å²) in [5.74, 6) is 0. The second-order valence-electron chi connectivity index (χ2n) is 4.52. The maximum Gasteiger partial charge on any atom is 0.394 e. The van der Waals surface area contributed by atoms with Crippen molar-refractivity contribution in [1.29, 1.82) is 0 Å². The average molecular weight is 255 g/mol. The fourth-order valence-electron chi connectivity index (χ4n) is 2.51. The Hall–Kier alpha value is -1.56. The zero-order chi connectivity index (χ0) is 12.8. The number of aromatic amines is 1. The van der Waals surface area contributed by atoms with Gasteiger partial charge in [-0.3, -0.25) is 5.10 Å². The van der Waals surface area contributed by atoms with E-state index >= 15 is 0 Å². The number of fused-ring (bicyclic) bond motifs is 3. The Bertz CT molecular complexity index is 586. The highest BCUT2D eigenvalue weighted by atomic mass is 19.4. The average Bonchev–Trinajstić information content (AvgIpc) is 2.70. The largest absolute Gasteiger partial charge is 0.394 e. The standard InChI is InChI=1S/C12H12F3N3/c13-12(14,15)5-10-11-8-3-4-16-6-7(8)1-2-9(11)17-18-10/h1-2,16H,3-6H2,(H,17,18). The highest BCUT2D eigenvalue weighted by Crippen LogP contribution is 2.30. The molecule has 6 heteroatoms. The molecule has 2 heterocycles. The number of rotatable bonds is 1. The van der Waals surface area contributed by atoms with Gasteiger partial charge in [0, 0.05) is 11.9 Å². The SMILES string of the molecule is FC(F)(F)Cc1[nH]nc2ccc3c(c12)CCNC3. The van der Waals surface area contributed by atoms with E-state index in [0.717, 1.165) is 24.1 Å². The van der Waals surface area contributed by atoms with Gasteiger partial charge in [0.2, 0.25) is 0 Å². The van der Waals surface area contributed by atoms with Crippen LogP contribution in [0.15, 0.2) is 12.1 Å². The van der Waals surface area contributed by atoms with E-state index in [1.807, 2.05) is 6.07 Å². The van der Waals surface area contributed by atoms with Gasteiger partial charge in [-0.2, -0.15) is 18.3 Å². The van der Waals surface area contributed by atoms with E-state index in [0.29, 0.717) is 17.4 Å². The summed E-state index contributed by atoms with van der Waals surface area (Å²) in [5, 5.41) is 10.4. The smallest absolute Gasteiger partial charge is 0.312 e. The van der Waals surface area contributed by atoms with Crippen LogP contribution in [0.25, 0.3) is 10.9 Å². The molecule has 1 aliphatic rings. The summed E-state index contributed by atoms with van der Waals surface area (Å²) >= 11 is 0. The first kappa shape index (κ1) is 11.5. The van der Waals surface area contributed by atoms with Crippen molar-refractivity contribution in [1.82, 2.24) is 15.5 Å². The van der Waals surface area contributed by atoms with Crippen molar-refractivity contribution in [3.05, 3.63) is 29.0 Å². The fourth-order valence-corrected chi connectivity index (χ4v) is 2.51. The molecule has 0 fully saturated rings. The Labute approximate surface area is 101 Å². The molecule has 1 aliphatic heterocycles. The maximum atomic E-state index is 12.5. The third kappa shape index (κ3) is 1.96. The minimum atomic E-state index is -4.21. The van der Waals surface area contributed by atoms with E-state index in [9.17, 15) is 13.2 Å². The molecule has 3 rings (SSSR count). The molecule has 3 nitrogen and oxygen atoms in total. The number of halogens is 3. The molecule has 0 aliphatic carbocycles. The normalized spacial score (nSPS) is 15.9. The van der Waals surface area contributed by atoms with Crippen LogP contribution < -0.4 is 5.32 Å². The summed E-state index contributed by atoms with van der Waals surface area (Å²) < 4.78 is 37.6. The van der Waals surface area contributed by atoms with Crippen molar-refractivity contribution in [2.75, 3.05) is 6.54 Å². The number of alkyl halides is 3. The Morgan fingerprint density at radius 2 is 2.11 bits per heavy atom. The zero-order valence-corrected chi connectivity index (χ0v) is 9.56. The Kier molecular flexibility index (Phi) is 2.55. The molecular formula is C12H12F3N3. The highest BCUT2D eigenvalue weighted by Gasteiger charge is 2.30. The molecule has 0 unspecified atom stereocenters. The minimum Gasteiger partial charge on any atom is -0.312 e. The Morgan fingerprint density at radius 3 is 2.89 bits per heavy atom. The van der Waals surface area contributed by atoms with Crippen LogP contribution in [0.2, 0.25) is 0 Å². The zero-order valence-electron chi connectivity index (χ0n) is 9.56. The lowest BCUT2D eigenvalue weighted by Gasteiger charge is -2.18. The van der Waals surface area contributed by atoms with E-state index in [2.05, 4.69) is 15.5 Å². The number of H-pyrrole nitrogens is 1. The van der Waals surface area contributed by atoms with Gasteiger partial charge in [0.15, 0.2) is 0 Å². The quantitative estimate of drug-likeness (QED) is 0.821. The summed E-state index contributed by atoms with van der Waals surface area (Å²) in [6, 6.07) is 3.71. The topological polar surface area (TPSA) is 40.7 Å². The third-order valence-corrected chi connectivity index (χ3v) is 3.25. The Morgan fingerprint density at radius 1 is 1.28 bits per heavy atom. The molecule has 0 spiro atoms. The summed E-state index contributed by atoms with van der Waals surface area (Å²) in [6.45, 7) is 1.50. The Balaban J connectivity index is 2.15. The van der Waals surface area contributed by atoms with Crippen LogP contribution in [0.4, 0.5) is 13.2 Å². The molecule has 2 aromatic rings. The molecule has 0 amide bonds. The van der Waals surface area contributed by atoms with Gasteiger partial charge in [0.05, 0.1) is 17.6 Å². The molecule has 96 valence electrons. The van der Waals surface area contributed by atoms with Gasteiger partial charge in [0.1, 0.15) is 0 Å².